The molecule has 0 aromatic carbocycles. The van der Waals surface area contributed by atoms with Crippen LogP contribution < -0.4 is 0 Å². The highest BCUT2D eigenvalue weighted by Crippen LogP contribution is 2.41. The zero-order valence-corrected chi connectivity index (χ0v) is 10.0. The van der Waals surface area contributed by atoms with Crippen LogP contribution in [0.4, 0.5) is 0 Å². The van der Waals surface area contributed by atoms with Gasteiger partial charge in [0.25, 0.3) is 0 Å². The van der Waals surface area contributed by atoms with E-state index in [9.17, 15) is 14.4 Å². The summed E-state index contributed by atoms with van der Waals surface area (Å²) in [5.74, 6) is -1.92. The van der Waals surface area contributed by atoms with E-state index in [0.717, 1.165) is 0 Å². The summed E-state index contributed by atoms with van der Waals surface area (Å²) in [5.41, 5.74) is -0.858. The second-order valence-electron chi connectivity index (χ2n) is 4.57. The lowest BCUT2D eigenvalue weighted by Gasteiger charge is -2.33. The molecule has 0 unspecified atom stereocenters. The zero-order valence-electron chi connectivity index (χ0n) is 10.0. The van der Waals surface area contributed by atoms with Crippen molar-refractivity contribution in [3.63, 3.8) is 0 Å². The van der Waals surface area contributed by atoms with Gasteiger partial charge < -0.3 is 4.74 Å². The lowest BCUT2D eigenvalue weighted by atomic mass is 9.75. The Morgan fingerprint density at radius 3 is 2.61 bits per heavy atom. The fraction of sp³-hybridized carbons (Fsp3) is 0.385. The predicted octanol–water partition coefficient (Wildman–Crippen LogP) is 0.856. The molecule has 1 heterocycles. The van der Waals surface area contributed by atoms with E-state index in [-0.39, 0.29) is 23.6 Å². The molecule has 0 amide bonds. The molecule has 0 radical (unpaired) electrons. The molecule has 2 rings (SSSR count). The van der Waals surface area contributed by atoms with Crippen molar-refractivity contribution in [3.05, 3.63) is 23.3 Å². The van der Waals surface area contributed by atoms with E-state index < -0.39 is 17.5 Å². The largest absolute Gasteiger partial charge is 0.450 e. The zero-order chi connectivity index (χ0) is 13.5. The molecule has 18 heavy (non-hydrogen) atoms. The van der Waals surface area contributed by atoms with Gasteiger partial charge in [0.1, 0.15) is 17.2 Å². The Labute approximate surface area is 104 Å². The molecule has 92 valence electrons. The molecule has 2 atom stereocenters. The molecule has 0 aromatic heterocycles. The standard InChI is InChI=1S/C13H11NO4/c1-7-9(6-14)12(17)18-13(7,2)10-5-8(15)3-4-11(10)16/h3-4,10H,5H2,1-2H3/t10-,13+/m0/s1. The van der Waals surface area contributed by atoms with E-state index in [2.05, 4.69) is 0 Å². The van der Waals surface area contributed by atoms with Gasteiger partial charge in [-0.3, -0.25) is 9.59 Å². The number of ether oxygens (including phenoxy) is 1. The highest BCUT2D eigenvalue weighted by Gasteiger charge is 2.50. The molecule has 1 aliphatic carbocycles. The van der Waals surface area contributed by atoms with Crippen LogP contribution in [0.2, 0.25) is 0 Å². The molecule has 0 spiro atoms. The van der Waals surface area contributed by atoms with Crippen molar-refractivity contribution in [1.29, 1.82) is 5.26 Å². The summed E-state index contributed by atoms with van der Waals surface area (Å²) in [6, 6.07) is 1.77. The average molecular weight is 245 g/mol. The van der Waals surface area contributed by atoms with Gasteiger partial charge in [-0.05, 0) is 31.6 Å². The molecule has 5 nitrogen and oxygen atoms in total. The minimum atomic E-state index is -1.19. The third kappa shape index (κ3) is 1.58. The molecule has 5 heteroatoms. The van der Waals surface area contributed by atoms with Crippen molar-refractivity contribution in [2.45, 2.75) is 25.9 Å². The van der Waals surface area contributed by atoms with E-state index in [1.54, 1.807) is 19.9 Å². The number of nitriles is 1. The molecule has 2 aliphatic rings. The molecule has 0 bridgehead atoms. The monoisotopic (exact) mass is 245 g/mol. The van der Waals surface area contributed by atoms with Crippen molar-refractivity contribution in [2.75, 3.05) is 0 Å². The van der Waals surface area contributed by atoms with Gasteiger partial charge in [0.05, 0.1) is 5.92 Å². The number of esters is 1. The maximum absolute atomic E-state index is 11.8. The van der Waals surface area contributed by atoms with Crippen LogP contribution in [0.5, 0.6) is 0 Å². The van der Waals surface area contributed by atoms with Gasteiger partial charge in [0, 0.05) is 6.42 Å². The molecule has 0 fully saturated rings. The van der Waals surface area contributed by atoms with Crippen LogP contribution in [0.3, 0.4) is 0 Å². The quantitative estimate of drug-likeness (QED) is 0.639. The van der Waals surface area contributed by atoms with Gasteiger partial charge in [0.15, 0.2) is 11.6 Å². The highest BCUT2D eigenvalue weighted by atomic mass is 16.6. The number of carbonyl (C=O) groups excluding carboxylic acids is 3. The number of rotatable bonds is 1. The molecular formula is C13H11NO4. The fourth-order valence-corrected chi connectivity index (χ4v) is 2.31. The summed E-state index contributed by atoms with van der Waals surface area (Å²) in [6.45, 7) is 3.15. The first kappa shape index (κ1) is 12.2. The number of hydrogen-bond acceptors (Lipinski definition) is 5. The van der Waals surface area contributed by atoms with E-state index in [0.29, 0.717) is 5.57 Å². The van der Waals surface area contributed by atoms with Crippen molar-refractivity contribution < 1.29 is 19.1 Å². The number of ketones is 2. The van der Waals surface area contributed by atoms with Crippen LogP contribution >= 0.6 is 0 Å². The topological polar surface area (TPSA) is 84.2 Å². The Balaban J connectivity index is 2.46. The first-order valence-corrected chi connectivity index (χ1v) is 5.49. The summed E-state index contributed by atoms with van der Waals surface area (Å²) >= 11 is 0. The van der Waals surface area contributed by atoms with Crippen LogP contribution in [0.25, 0.3) is 0 Å². The van der Waals surface area contributed by atoms with Crippen LogP contribution in [-0.4, -0.2) is 23.1 Å². The summed E-state index contributed by atoms with van der Waals surface area (Å²) in [6.07, 6.45) is 2.42. The van der Waals surface area contributed by atoms with Crippen LogP contribution in [-0.2, 0) is 19.1 Å². The molecule has 0 saturated carbocycles. The maximum Gasteiger partial charge on any atom is 0.349 e. The molecule has 0 saturated heterocycles. The smallest absolute Gasteiger partial charge is 0.349 e. The molecule has 0 aromatic rings. The van der Waals surface area contributed by atoms with E-state index >= 15 is 0 Å². The van der Waals surface area contributed by atoms with Crippen LogP contribution in [0, 0.1) is 17.2 Å². The van der Waals surface area contributed by atoms with Crippen molar-refractivity contribution in [2.24, 2.45) is 5.92 Å². The van der Waals surface area contributed by atoms with Crippen LogP contribution in [0.15, 0.2) is 23.3 Å². The summed E-state index contributed by atoms with van der Waals surface area (Å²) in [7, 11) is 0. The highest BCUT2D eigenvalue weighted by molar-refractivity contribution is 6.07. The van der Waals surface area contributed by atoms with Gasteiger partial charge in [-0.25, -0.2) is 4.79 Å². The van der Waals surface area contributed by atoms with E-state index in [1.165, 1.54) is 12.2 Å². The van der Waals surface area contributed by atoms with Crippen molar-refractivity contribution >= 4 is 17.5 Å². The second kappa shape index (κ2) is 3.91. The third-order valence-electron chi connectivity index (χ3n) is 3.59. The lowest BCUT2D eigenvalue weighted by Crippen LogP contribution is -2.43. The van der Waals surface area contributed by atoms with Gasteiger partial charge in [-0.15, -0.1) is 0 Å². The van der Waals surface area contributed by atoms with Gasteiger partial charge in [-0.1, -0.05) is 0 Å². The van der Waals surface area contributed by atoms with Crippen LogP contribution in [0.1, 0.15) is 20.3 Å². The Kier molecular flexibility index (Phi) is 2.66. The van der Waals surface area contributed by atoms with Gasteiger partial charge in [0.2, 0.25) is 0 Å². The SMILES string of the molecule is CC1=C(C#N)C(=O)O[C@@]1(C)[C@H]1CC(=O)C=CC1=O. The Hall–Kier alpha value is -2.22. The Morgan fingerprint density at radius 2 is 2.06 bits per heavy atom. The summed E-state index contributed by atoms with van der Waals surface area (Å²) < 4.78 is 5.18. The fourth-order valence-electron chi connectivity index (χ4n) is 2.31. The number of hydrogen-bond donors (Lipinski definition) is 0. The lowest BCUT2D eigenvalue weighted by molar-refractivity contribution is -0.153. The van der Waals surface area contributed by atoms with E-state index in [1.807, 2.05) is 0 Å². The number of allylic oxidation sites excluding steroid dienone is 2. The summed E-state index contributed by atoms with van der Waals surface area (Å²) in [4.78, 5) is 34.8. The maximum atomic E-state index is 11.8. The first-order valence-electron chi connectivity index (χ1n) is 5.49. The number of nitrogens with zero attached hydrogens (tertiary/aromatic N) is 1. The number of carbonyl (C=O) groups is 3. The Bertz CT molecular complexity index is 564. The molecule has 1 aliphatic heterocycles. The average Bonchev–Trinajstić information content (AvgIpc) is 2.54. The minimum Gasteiger partial charge on any atom is -0.450 e. The van der Waals surface area contributed by atoms with Crippen molar-refractivity contribution in [1.82, 2.24) is 0 Å². The normalized spacial score (nSPS) is 31.6. The first-order chi connectivity index (χ1) is 8.40. The molecule has 0 N–H and O–H groups in total. The predicted molar refractivity (Wildman–Crippen MR) is 60.1 cm³/mol. The van der Waals surface area contributed by atoms with Gasteiger partial charge >= 0.3 is 5.97 Å². The molecular weight excluding hydrogens is 234 g/mol. The number of cyclic esters (lactones) is 1. The van der Waals surface area contributed by atoms with Crippen molar-refractivity contribution in [3.8, 4) is 6.07 Å². The Morgan fingerprint density at radius 1 is 1.39 bits per heavy atom. The summed E-state index contributed by atoms with van der Waals surface area (Å²) in [5, 5.41) is 8.88. The van der Waals surface area contributed by atoms with Gasteiger partial charge in [-0.2, -0.15) is 5.26 Å². The third-order valence-corrected chi connectivity index (χ3v) is 3.59. The second-order valence-corrected chi connectivity index (χ2v) is 4.57. The van der Waals surface area contributed by atoms with E-state index in [4.69, 9.17) is 10.00 Å². The minimum absolute atomic E-state index is 0.00480.